The molecule has 0 fully saturated rings. The Hall–Kier alpha value is -1.37. The monoisotopic (exact) mass is 143 g/mol. The van der Waals surface area contributed by atoms with Gasteiger partial charge >= 0.3 is 0 Å². The van der Waals surface area contributed by atoms with Crippen molar-refractivity contribution in [3.05, 3.63) is 42.0 Å². The first kappa shape index (κ1) is 6.35. The lowest BCUT2D eigenvalue weighted by Gasteiger charge is -1.95. The third-order valence-corrected chi connectivity index (χ3v) is 1.72. The number of rotatable bonds is 1. The zero-order valence-electron chi connectivity index (χ0n) is 6.20. The van der Waals surface area contributed by atoms with Gasteiger partial charge in [0, 0.05) is 12.6 Å². The zero-order chi connectivity index (χ0) is 7.52. The van der Waals surface area contributed by atoms with Gasteiger partial charge in [-0.15, -0.1) is 0 Å². The Kier molecular flexibility index (Phi) is 1.56. The second-order valence-corrected chi connectivity index (χ2v) is 2.50. The van der Waals surface area contributed by atoms with Crippen molar-refractivity contribution in [2.24, 2.45) is 4.99 Å². The first-order valence-electron chi connectivity index (χ1n) is 3.75. The fourth-order valence-electron chi connectivity index (χ4n) is 1.17. The van der Waals surface area contributed by atoms with Crippen molar-refractivity contribution in [2.75, 3.05) is 0 Å². The van der Waals surface area contributed by atoms with Crippen molar-refractivity contribution in [1.82, 2.24) is 0 Å². The van der Waals surface area contributed by atoms with Crippen LogP contribution in [0.3, 0.4) is 0 Å². The largest absolute Gasteiger partial charge is 0.261 e. The molecule has 0 radical (unpaired) electrons. The van der Waals surface area contributed by atoms with Gasteiger partial charge < -0.3 is 0 Å². The van der Waals surface area contributed by atoms with E-state index in [1.807, 2.05) is 24.4 Å². The van der Waals surface area contributed by atoms with E-state index in [1.165, 1.54) is 5.56 Å². The molecule has 1 aliphatic heterocycles. The van der Waals surface area contributed by atoms with Gasteiger partial charge in [0.15, 0.2) is 0 Å². The van der Waals surface area contributed by atoms with Gasteiger partial charge in [-0.2, -0.15) is 0 Å². The van der Waals surface area contributed by atoms with E-state index in [1.54, 1.807) is 0 Å². The Morgan fingerprint density at radius 2 is 1.91 bits per heavy atom. The van der Waals surface area contributed by atoms with E-state index in [2.05, 4.69) is 23.2 Å². The van der Waals surface area contributed by atoms with Crippen LogP contribution in [0.25, 0.3) is 5.70 Å². The van der Waals surface area contributed by atoms with Crippen molar-refractivity contribution in [3.63, 3.8) is 0 Å². The summed E-state index contributed by atoms with van der Waals surface area (Å²) >= 11 is 0. The van der Waals surface area contributed by atoms with Gasteiger partial charge in [0.2, 0.25) is 0 Å². The molecule has 11 heavy (non-hydrogen) atoms. The van der Waals surface area contributed by atoms with Crippen LogP contribution in [0.5, 0.6) is 0 Å². The van der Waals surface area contributed by atoms with Crippen molar-refractivity contribution in [1.29, 1.82) is 0 Å². The summed E-state index contributed by atoms with van der Waals surface area (Å²) in [4.78, 5) is 4.24. The molecule has 1 heterocycles. The minimum absolute atomic E-state index is 0.976. The number of aliphatic imine (C=N–C) groups is 1. The smallest absolute Gasteiger partial charge is 0.0662 e. The molecular formula is C10H9N. The van der Waals surface area contributed by atoms with Crippen LogP contribution in [0.4, 0.5) is 0 Å². The van der Waals surface area contributed by atoms with Gasteiger partial charge in [-0.25, -0.2) is 0 Å². The highest BCUT2D eigenvalue weighted by Gasteiger charge is 1.99. The van der Waals surface area contributed by atoms with Gasteiger partial charge in [0.05, 0.1) is 5.70 Å². The third kappa shape index (κ3) is 1.22. The van der Waals surface area contributed by atoms with Crippen LogP contribution < -0.4 is 0 Å². The van der Waals surface area contributed by atoms with Crippen molar-refractivity contribution in [3.8, 4) is 0 Å². The molecule has 0 saturated carbocycles. The van der Waals surface area contributed by atoms with Gasteiger partial charge in [0.25, 0.3) is 0 Å². The molecule has 0 N–H and O–H groups in total. The molecule has 1 aromatic rings. The maximum Gasteiger partial charge on any atom is 0.0662 e. The predicted octanol–water partition coefficient (Wildman–Crippen LogP) is 2.50. The first-order valence-corrected chi connectivity index (χ1v) is 3.75. The van der Waals surface area contributed by atoms with E-state index in [0.717, 1.165) is 12.1 Å². The number of benzene rings is 1. The van der Waals surface area contributed by atoms with E-state index >= 15 is 0 Å². The second-order valence-electron chi connectivity index (χ2n) is 2.50. The van der Waals surface area contributed by atoms with E-state index in [9.17, 15) is 0 Å². The highest BCUT2D eigenvalue weighted by atomic mass is 14.7. The minimum Gasteiger partial charge on any atom is -0.261 e. The highest BCUT2D eigenvalue weighted by molar-refractivity contribution is 5.80. The summed E-state index contributed by atoms with van der Waals surface area (Å²) in [6.07, 6.45) is 5.04. The minimum atomic E-state index is 0.976. The van der Waals surface area contributed by atoms with Crippen molar-refractivity contribution < 1.29 is 0 Å². The zero-order valence-corrected chi connectivity index (χ0v) is 6.20. The number of hydrogen-bond donors (Lipinski definition) is 0. The molecule has 0 atom stereocenters. The average Bonchev–Trinajstić information content (AvgIpc) is 2.58. The van der Waals surface area contributed by atoms with Crippen LogP contribution in [-0.4, -0.2) is 6.21 Å². The van der Waals surface area contributed by atoms with E-state index in [0.29, 0.717) is 0 Å². The standard InChI is InChI=1S/C10H9N/c1-2-5-9(6-3-1)10-7-4-8-11-10/h1-3,5-8H,4H2. The molecule has 0 aliphatic carbocycles. The van der Waals surface area contributed by atoms with Crippen LogP contribution in [-0.2, 0) is 0 Å². The molecule has 1 nitrogen and oxygen atoms in total. The lowest BCUT2D eigenvalue weighted by Crippen LogP contribution is -1.75. The van der Waals surface area contributed by atoms with Crippen LogP contribution in [0, 0.1) is 0 Å². The molecule has 0 amide bonds. The summed E-state index contributed by atoms with van der Waals surface area (Å²) in [5.41, 5.74) is 2.31. The quantitative estimate of drug-likeness (QED) is 0.572. The molecule has 1 aliphatic rings. The Bertz CT molecular complexity index is 296. The second kappa shape index (κ2) is 2.70. The van der Waals surface area contributed by atoms with Crippen molar-refractivity contribution in [2.45, 2.75) is 6.42 Å². The van der Waals surface area contributed by atoms with Gasteiger partial charge in [-0.1, -0.05) is 36.4 Å². The lowest BCUT2D eigenvalue weighted by atomic mass is 10.1. The molecule has 1 heteroatoms. The number of hydrogen-bond acceptors (Lipinski definition) is 1. The third-order valence-electron chi connectivity index (χ3n) is 1.72. The fraction of sp³-hybridized carbons (Fsp3) is 0.100. The Balaban J connectivity index is 2.37. The van der Waals surface area contributed by atoms with E-state index < -0.39 is 0 Å². The summed E-state index contributed by atoms with van der Waals surface area (Å²) in [6.45, 7) is 0. The molecule has 0 spiro atoms. The topological polar surface area (TPSA) is 12.4 Å². The fourth-order valence-corrected chi connectivity index (χ4v) is 1.17. The summed E-state index contributed by atoms with van der Waals surface area (Å²) in [5.74, 6) is 0. The molecular weight excluding hydrogens is 134 g/mol. The highest BCUT2D eigenvalue weighted by Crippen LogP contribution is 2.18. The molecule has 0 bridgehead atoms. The maximum atomic E-state index is 4.24. The molecule has 0 saturated heterocycles. The molecule has 54 valence electrons. The normalized spacial score (nSPS) is 15.1. The molecule has 1 aromatic carbocycles. The SMILES string of the molecule is C1=NC(c2ccccc2)=CC1. The average molecular weight is 143 g/mol. The van der Waals surface area contributed by atoms with E-state index in [4.69, 9.17) is 0 Å². The van der Waals surface area contributed by atoms with Gasteiger partial charge in [0.1, 0.15) is 0 Å². The molecule has 0 aromatic heterocycles. The van der Waals surface area contributed by atoms with Crippen LogP contribution >= 0.6 is 0 Å². The van der Waals surface area contributed by atoms with Gasteiger partial charge in [-0.3, -0.25) is 4.99 Å². The summed E-state index contributed by atoms with van der Waals surface area (Å²) in [7, 11) is 0. The Labute approximate surface area is 66.1 Å². The Morgan fingerprint density at radius 1 is 1.09 bits per heavy atom. The first-order chi connectivity index (χ1) is 5.47. The maximum absolute atomic E-state index is 4.24. The van der Waals surface area contributed by atoms with Crippen LogP contribution in [0.1, 0.15) is 12.0 Å². The van der Waals surface area contributed by atoms with Crippen LogP contribution in [0.15, 0.2) is 41.4 Å². The summed E-state index contributed by atoms with van der Waals surface area (Å²) < 4.78 is 0. The molecule has 2 rings (SSSR count). The molecule has 0 unspecified atom stereocenters. The Morgan fingerprint density at radius 3 is 2.55 bits per heavy atom. The predicted molar refractivity (Wildman–Crippen MR) is 47.5 cm³/mol. The van der Waals surface area contributed by atoms with E-state index in [-0.39, 0.29) is 0 Å². The van der Waals surface area contributed by atoms with Crippen molar-refractivity contribution >= 4 is 11.9 Å². The lowest BCUT2D eigenvalue weighted by molar-refractivity contribution is 1.53. The van der Waals surface area contributed by atoms with Gasteiger partial charge in [-0.05, 0) is 5.56 Å². The van der Waals surface area contributed by atoms with Crippen LogP contribution in [0.2, 0.25) is 0 Å². The summed E-state index contributed by atoms with van der Waals surface area (Å²) in [6, 6.07) is 10.2. The number of allylic oxidation sites excluding steroid dienone is 1. The number of nitrogens with zero attached hydrogens (tertiary/aromatic N) is 1. The summed E-state index contributed by atoms with van der Waals surface area (Å²) in [5, 5.41) is 0.